The molecule has 3 heterocycles. The third kappa shape index (κ3) is 4.42. The highest BCUT2D eigenvalue weighted by atomic mass is 19.1. The summed E-state index contributed by atoms with van der Waals surface area (Å²) in [6.07, 6.45) is 0. The normalized spacial score (nSPS) is 16.1. The first-order chi connectivity index (χ1) is 16.5. The van der Waals surface area contributed by atoms with Crippen LogP contribution in [-0.2, 0) is 6.54 Å². The number of fused-ring (bicyclic) bond motifs is 1. The fourth-order valence-electron chi connectivity index (χ4n) is 4.39. The number of hydrogen-bond acceptors (Lipinski definition) is 7. The van der Waals surface area contributed by atoms with Gasteiger partial charge in [-0.25, -0.2) is 9.07 Å². The smallest absolute Gasteiger partial charge is 0.253 e. The molecule has 0 spiro atoms. The maximum atomic E-state index is 13.4. The van der Waals surface area contributed by atoms with Crippen molar-refractivity contribution in [2.45, 2.75) is 12.6 Å². The first-order valence-electron chi connectivity index (χ1n) is 11.2. The molecule has 1 unspecified atom stereocenters. The number of aromatic nitrogens is 5. The van der Waals surface area contributed by atoms with Crippen molar-refractivity contribution in [3.8, 4) is 5.75 Å². The molecule has 2 aromatic heterocycles. The number of piperazine rings is 1. The van der Waals surface area contributed by atoms with Crippen molar-refractivity contribution in [3.05, 3.63) is 81.7 Å². The number of tetrazole rings is 1. The average Bonchev–Trinajstić information content (AvgIpc) is 3.29. The van der Waals surface area contributed by atoms with Gasteiger partial charge in [-0.3, -0.25) is 9.69 Å². The van der Waals surface area contributed by atoms with Crippen LogP contribution in [0.4, 0.5) is 4.39 Å². The Morgan fingerprint density at radius 3 is 2.59 bits per heavy atom. The van der Waals surface area contributed by atoms with Gasteiger partial charge < -0.3 is 14.6 Å². The van der Waals surface area contributed by atoms with E-state index >= 15 is 0 Å². The largest absolute Gasteiger partial charge is 0.497 e. The molecule has 0 bridgehead atoms. The number of nitrogens with one attached hydrogen (secondary N) is 1. The maximum absolute atomic E-state index is 13.4. The Kier molecular flexibility index (Phi) is 6.08. The summed E-state index contributed by atoms with van der Waals surface area (Å²) < 4.78 is 20.5. The highest BCUT2D eigenvalue weighted by Crippen LogP contribution is 2.29. The van der Waals surface area contributed by atoms with Gasteiger partial charge in [0.1, 0.15) is 17.6 Å². The Labute approximate surface area is 195 Å². The van der Waals surface area contributed by atoms with Gasteiger partial charge in [0.25, 0.3) is 5.56 Å². The molecule has 10 heteroatoms. The Morgan fingerprint density at radius 1 is 1.09 bits per heavy atom. The van der Waals surface area contributed by atoms with Crippen molar-refractivity contribution in [1.82, 2.24) is 35.0 Å². The highest BCUT2D eigenvalue weighted by Gasteiger charge is 2.32. The topological polar surface area (TPSA) is 92.2 Å². The van der Waals surface area contributed by atoms with Gasteiger partial charge in [0, 0.05) is 42.6 Å². The molecule has 5 rings (SSSR count). The van der Waals surface area contributed by atoms with Gasteiger partial charge in [-0.15, -0.1) is 5.10 Å². The van der Waals surface area contributed by atoms with Crippen LogP contribution in [0.1, 0.15) is 23.0 Å². The number of methoxy groups -OCH3 is 1. The fourth-order valence-corrected chi connectivity index (χ4v) is 4.39. The quantitative estimate of drug-likeness (QED) is 0.468. The third-order valence-electron chi connectivity index (χ3n) is 6.33. The van der Waals surface area contributed by atoms with Gasteiger partial charge in [-0.2, -0.15) is 0 Å². The van der Waals surface area contributed by atoms with Crippen LogP contribution in [0, 0.1) is 5.82 Å². The molecule has 1 aliphatic rings. The zero-order chi connectivity index (χ0) is 23.7. The lowest BCUT2D eigenvalue weighted by Gasteiger charge is -2.37. The minimum atomic E-state index is -0.441. The summed E-state index contributed by atoms with van der Waals surface area (Å²) in [6, 6.07) is 13.3. The van der Waals surface area contributed by atoms with Crippen molar-refractivity contribution >= 4 is 10.9 Å². The number of benzene rings is 2. The zero-order valence-corrected chi connectivity index (χ0v) is 19.1. The van der Waals surface area contributed by atoms with E-state index in [2.05, 4.69) is 37.4 Å². The van der Waals surface area contributed by atoms with Crippen LogP contribution in [0.25, 0.3) is 10.9 Å². The molecule has 1 saturated heterocycles. The molecule has 9 nitrogen and oxygen atoms in total. The Balaban J connectivity index is 1.60. The SMILES string of the molecule is COc1ccc2[nH]c(=O)c(C(c3nnnn3Cc3ccc(F)cc3)N3CCN(C)CC3)cc2c1. The second-order valence-corrected chi connectivity index (χ2v) is 8.57. The molecule has 2 aromatic carbocycles. The molecule has 4 aromatic rings. The van der Waals surface area contributed by atoms with E-state index in [1.165, 1.54) is 12.1 Å². The van der Waals surface area contributed by atoms with E-state index in [1.54, 1.807) is 23.9 Å². The Morgan fingerprint density at radius 2 is 1.85 bits per heavy atom. The summed E-state index contributed by atoms with van der Waals surface area (Å²) in [5, 5.41) is 13.4. The molecule has 0 amide bonds. The molecule has 0 aliphatic carbocycles. The van der Waals surface area contributed by atoms with Gasteiger partial charge in [-0.05, 0) is 59.4 Å². The molecule has 1 N–H and O–H groups in total. The van der Waals surface area contributed by atoms with Crippen LogP contribution in [0.5, 0.6) is 5.75 Å². The Hall–Kier alpha value is -3.63. The van der Waals surface area contributed by atoms with Gasteiger partial charge in [0.2, 0.25) is 0 Å². The molecular weight excluding hydrogens is 437 g/mol. The fraction of sp³-hybridized carbons (Fsp3) is 0.333. The van der Waals surface area contributed by atoms with Crippen LogP contribution in [-0.4, -0.2) is 75.3 Å². The third-order valence-corrected chi connectivity index (χ3v) is 6.33. The number of H-pyrrole nitrogens is 1. The molecule has 34 heavy (non-hydrogen) atoms. The summed E-state index contributed by atoms with van der Waals surface area (Å²) in [6.45, 7) is 3.64. The van der Waals surface area contributed by atoms with E-state index in [0.717, 1.165) is 42.6 Å². The molecule has 176 valence electrons. The van der Waals surface area contributed by atoms with Crippen molar-refractivity contribution in [2.24, 2.45) is 0 Å². The lowest BCUT2D eigenvalue weighted by molar-refractivity contribution is 0.121. The summed E-state index contributed by atoms with van der Waals surface area (Å²) in [5.74, 6) is 0.985. The lowest BCUT2D eigenvalue weighted by Crippen LogP contribution is -2.47. The van der Waals surface area contributed by atoms with E-state index in [9.17, 15) is 9.18 Å². The number of hydrogen-bond donors (Lipinski definition) is 1. The molecule has 1 aliphatic heterocycles. The van der Waals surface area contributed by atoms with Crippen molar-refractivity contribution in [1.29, 1.82) is 0 Å². The highest BCUT2D eigenvalue weighted by molar-refractivity contribution is 5.80. The number of pyridine rings is 1. The number of halogens is 1. The molecule has 0 radical (unpaired) electrons. The minimum Gasteiger partial charge on any atom is -0.497 e. The van der Waals surface area contributed by atoms with E-state index in [0.29, 0.717) is 23.7 Å². The van der Waals surface area contributed by atoms with Gasteiger partial charge in [0.15, 0.2) is 5.82 Å². The number of ether oxygens (including phenoxy) is 1. The van der Waals surface area contributed by atoms with Crippen LogP contribution < -0.4 is 10.3 Å². The number of likely N-dealkylation sites (N-methyl/N-ethyl adjacent to an activating group) is 1. The summed E-state index contributed by atoms with van der Waals surface area (Å²) in [5.41, 5.74) is 1.99. The van der Waals surface area contributed by atoms with Crippen molar-refractivity contribution < 1.29 is 9.13 Å². The van der Waals surface area contributed by atoms with E-state index in [4.69, 9.17) is 4.74 Å². The lowest BCUT2D eigenvalue weighted by atomic mass is 10.0. The summed E-state index contributed by atoms with van der Waals surface area (Å²) in [7, 11) is 3.70. The second-order valence-electron chi connectivity index (χ2n) is 8.57. The van der Waals surface area contributed by atoms with Crippen LogP contribution in [0.3, 0.4) is 0 Å². The average molecular weight is 464 g/mol. The predicted molar refractivity (Wildman–Crippen MR) is 125 cm³/mol. The molecule has 1 atom stereocenters. The van der Waals surface area contributed by atoms with Gasteiger partial charge in [0.05, 0.1) is 13.7 Å². The predicted octanol–water partition coefficient (Wildman–Crippen LogP) is 2.05. The molecule has 0 saturated carbocycles. The number of aromatic amines is 1. The van der Waals surface area contributed by atoms with Crippen LogP contribution in [0.15, 0.2) is 53.3 Å². The van der Waals surface area contributed by atoms with Crippen molar-refractivity contribution in [3.63, 3.8) is 0 Å². The first kappa shape index (κ1) is 22.2. The van der Waals surface area contributed by atoms with E-state index in [-0.39, 0.29) is 11.4 Å². The van der Waals surface area contributed by atoms with E-state index in [1.807, 2.05) is 24.3 Å². The number of rotatable bonds is 6. The van der Waals surface area contributed by atoms with Crippen molar-refractivity contribution in [2.75, 3.05) is 40.3 Å². The molecule has 1 fully saturated rings. The van der Waals surface area contributed by atoms with Gasteiger partial charge >= 0.3 is 0 Å². The monoisotopic (exact) mass is 463 g/mol. The van der Waals surface area contributed by atoms with E-state index < -0.39 is 6.04 Å². The molecular formula is C24H26FN7O2. The second kappa shape index (κ2) is 9.32. The number of nitrogens with zero attached hydrogens (tertiary/aromatic N) is 6. The van der Waals surface area contributed by atoms with Crippen LogP contribution in [0.2, 0.25) is 0 Å². The minimum absolute atomic E-state index is 0.182. The standard InChI is InChI=1S/C24H26FN7O2/c1-30-9-11-31(12-10-30)22(20-14-17-13-19(34-2)7-8-21(17)26-24(20)33)23-27-28-29-32(23)15-16-3-5-18(25)6-4-16/h3-8,13-14,22H,9-12,15H2,1-2H3,(H,26,33). The summed E-state index contributed by atoms with van der Waals surface area (Å²) >= 11 is 0. The zero-order valence-electron chi connectivity index (χ0n) is 19.1. The Bertz CT molecular complexity index is 1340. The summed E-state index contributed by atoms with van der Waals surface area (Å²) in [4.78, 5) is 20.8. The maximum Gasteiger partial charge on any atom is 0.253 e. The first-order valence-corrected chi connectivity index (χ1v) is 11.2. The van der Waals surface area contributed by atoms with Crippen LogP contribution >= 0.6 is 0 Å². The van der Waals surface area contributed by atoms with Gasteiger partial charge in [-0.1, -0.05) is 12.1 Å².